The molecular weight excluding hydrogens is 243 g/mol. The normalized spacial score (nSPS) is 14.1. The van der Waals surface area contributed by atoms with Crippen molar-refractivity contribution in [3.05, 3.63) is 40.0 Å². The highest BCUT2D eigenvalue weighted by Crippen LogP contribution is 2.27. The number of hydrogen-bond donors (Lipinski definition) is 1. The van der Waals surface area contributed by atoms with E-state index in [0.29, 0.717) is 16.1 Å². The fourth-order valence-electron chi connectivity index (χ4n) is 1.39. The maximum atomic E-state index is 12.5. The standard InChI is InChI=1S/C13H14F3NO/c1-3-12(13(14,15)16)5-4-11-6-10(8-18)7-17-9(11)2/h4-7,18H,2-3,8H2,1H3/b11-4-,12-5+. The van der Waals surface area contributed by atoms with Crippen molar-refractivity contribution in [2.75, 3.05) is 0 Å². The van der Waals surface area contributed by atoms with Gasteiger partial charge in [0.15, 0.2) is 0 Å². The first-order chi connectivity index (χ1) is 8.38. The average Bonchev–Trinajstić information content (AvgIpc) is 2.30. The molecule has 0 aliphatic heterocycles. The van der Waals surface area contributed by atoms with Gasteiger partial charge in [0.25, 0.3) is 0 Å². The number of halogens is 3. The molecular formula is C13H14F3NO. The summed E-state index contributed by atoms with van der Waals surface area (Å²) in [5.41, 5.74) is -0.0802. The van der Waals surface area contributed by atoms with Gasteiger partial charge in [-0.2, -0.15) is 13.2 Å². The second kappa shape index (κ2) is 5.82. The molecule has 0 saturated carbocycles. The van der Waals surface area contributed by atoms with Crippen LogP contribution in [0.4, 0.5) is 13.2 Å². The lowest BCUT2D eigenvalue weighted by Crippen LogP contribution is -2.26. The Kier molecular flexibility index (Phi) is 4.67. The molecule has 0 fully saturated rings. The van der Waals surface area contributed by atoms with E-state index in [2.05, 4.69) is 11.6 Å². The molecule has 1 heterocycles. The van der Waals surface area contributed by atoms with Crippen LogP contribution in [0, 0.1) is 0 Å². The second-order valence-corrected chi connectivity index (χ2v) is 3.75. The summed E-state index contributed by atoms with van der Waals surface area (Å²) in [4.78, 5) is 3.90. The van der Waals surface area contributed by atoms with Gasteiger partial charge in [0.1, 0.15) is 0 Å². The molecule has 1 rings (SSSR count). The van der Waals surface area contributed by atoms with Crippen molar-refractivity contribution in [3.63, 3.8) is 0 Å². The molecule has 2 nitrogen and oxygen atoms in total. The molecule has 1 aromatic rings. The summed E-state index contributed by atoms with van der Waals surface area (Å²) in [5, 5.41) is 9.78. The van der Waals surface area contributed by atoms with Gasteiger partial charge in [0.05, 0.1) is 12.0 Å². The Hall–Kier alpha value is -1.62. The van der Waals surface area contributed by atoms with Crippen LogP contribution in [0.1, 0.15) is 18.9 Å². The Balaban J connectivity index is 3.25. The molecule has 0 aliphatic carbocycles. The molecule has 98 valence electrons. The SMILES string of the molecule is C=c1ncc(CO)c/c1=C/C=C(\CC)C(F)(F)F. The van der Waals surface area contributed by atoms with Crippen LogP contribution in [0.5, 0.6) is 0 Å². The topological polar surface area (TPSA) is 33.1 Å². The zero-order valence-corrected chi connectivity index (χ0v) is 9.96. The fourth-order valence-corrected chi connectivity index (χ4v) is 1.39. The maximum Gasteiger partial charge on any atom is 0.412 e. The zero-order chi connectivity index (χ0) is 13.8. The summed E-state index contributed by atoms with van der Waals surface area (Å²) in [5.74, 6) is 0. The zero-order valence-electron chi connectivity index (χ0n) is 9.96. The van der Waals surface area contributed by atoms with Gasteiger partial charge in [-0.1, -0.05) is 25.7 Å². The molecule has 0 aromatic carbocycles. The molecule has 0 spiro atoms. The van der Waals surface area contributed by atoms with Crippen molar-refractivity contribution in [2.45, 2.75) is 26.1 Å². The van der Waals surface area contributed by atoms with Crippen molar-refractivity contribution in [1.82, 2.24) is 4.98 Å². The van der Waals surface area contributed by atoms with Gasteiger partial charge in [-0.25, -0.2) is 0 Å². The largest absolute Gasteiger partial charge is 0.412 e. The van der Waals surface area contributed by atoms with Gasteiger partial charge < -0.3 is 5.11 Å². The number of hydrogen-bond acceptors (Lipinski definition) is 2. The molecule has 5 heteroatoms. The first kappa shape index (κ1) is 14.4. The number of rotatable bonds is 3. The molecule has 18 heavy (non-hydrogen) atoms. The quantitative estimate of drug-likeness (QED) is 0.893. The fraction of sp³-hybridized carbons (Fsp3) is 0.308. The molecule has 0 radical (unpaired) electrons. The lowest BCUT2D eigenvalue weighted by Gasteiger charge is -2.07. The van der Waals surface area contributed by atoms with E-state index in [-0.39, 0.29) is 13.0 Å². The summed E-state index contributed by atoms with van der Waals surface area (Å²) < 4.78 is 37.5. The maximum absolute atomic E-state index is 12.5. The van der Waals surface area contributed by atoms with Crippen LogP contribution in [0.3, 0.4) is 0 Å². The highest BCUT2D eigenvalue weighted by molar-refractivity contribution is 5.41. The Bertz CT molecular complexity index is 546. The minimum Gasteiger partial charge on any atom is -0.392 e. The third-order valence-corrected chi connectivity index (χ3v) is 2.45. The Morgan fingerprint density at radius 1 is 1.50 bits per heavy atom. The van der Waals surface area contributed by atoms with E-state index < -0.39 is 11.7 Å². The van der Waals surface area contributed by atoms with E-state index in [1.54, 1.807) is 6.07 Å². The number of alkyl halides is 3. The van der Waals surface area contributed by atoms with Crippen molar-refractivity contribution in [2.24, 2.45) is 0 Å². The number of aromatic nitrogens is 1. The number of pyridine rings is 1. The lowest BCUT2D eigenvalue weighted by molar-refractivity contribution is -0.0934. The van der Waals surface area contributed by atoms with Crippen LogP contribution in [0.15, 0.2) is 23.9 Å². The molecule has 0 saturated heterocycles. The molecule has 1 aromatic heterocycles. The predicted molar refractivity (Wildman–Crippen MR) is 63.8 cm³/mol. The summed E-state index contributed by atoms with van der Waals surface area (Å²) >= 11 is 0. The Labute approximate surface area is 103 Å². The minimum absolute atomic E-state index is 0.0976. The monoisotopic (exact) mass is 257 g/mol. The van der Waals surface area contributed by atoms with E-state index in [4.69, 9.17) is 5.11 Å². The number of allylic oxidation sites excluding steroid dienone is 2. The molecule has 0 bridgehead atoms. The van der Waals surface area contributed by atoms with E-state index in [0.717, 1.165) is 6.08 Å². The third kappa shape index (κ3) is 3.70. The predicted octanol–water partition coefficient (Wildman–Crippen LogP) is 1.66. The highest BCUT2D eigenvalue weighted by Gasteiger charge is 2.31. The molecule has 0 atom stereocenters. The van der Waals surface area contributed by atoms with Crippen LogP contribution in [-0.2, 0) is 6.61 Å². The summed E-state index contributed by atoms with van der Waals surface area (Å²) in [6.45, 7) is 4.86. The first-order valence-corrected chi connectivity index (χ1v) is 5.41. The van der Waals surface area contributed by atoms with Gasteiger partial charge in [-0.3, -0.25) is 4.98 Å². The van der Waals surface area contributed by atoms with Gasteiger partial charge in [0, 0.05) is 11.8 Å². The number of aliphatic hydroxyl groups excluding tert-OH is 1. The summed E-state index contributed by atoms with van der Waals surface area (Å²) in [6, 6.07) is 1.56. The van der Waals surface area contributed by atoms with Crippen LogP contribution in [-0.4, -0.2) is 16.3 Å². The van der Waals surface area contributed by atoms with E-state index >= 15 is 0 Å². The van der Waals surface area contributed by atoms with E-state index in [1.807, 2.05) is 0 Å². The van der Waals surface area contributed by atoms with Crippen molar-refractivity contribution in [3.8, 4) is 0 Å². The third-order valence-electron chi connectivity index (χ3n) is 2.45. The lowest BCUT2D eigenvalue weighted by atomic mass is 10.1. The van der Waals surface area contributed by atoms with Crippen molar-refractivity contribution in [1.29, 1.82) is 0 Å². The second-order valence-electron chi connectivity index (χ2n) is 3.75. The van der Waals surface area contributed by atoms with Crippen LogP contribution in [0.25, 0.3) is 12.7 Å². The van der Waals surface area contributed by atoms with Crippen LogP contribution >= 0.6 is 0 Å². The van der Waals surface area contributed by atoms with Gasteiger partial charge >= 0.3 is 6.18 Å². The molecule has 0 amide bonds. The molecule has 1 N–H and O–H groups in total. The first-order valence-electron chi connectivity index (χ1n) is 5.41. The number of aliphatic hydroxyl groups is 1. The van der Waals surface area contributed by atoms with Gasteiger partial charge in [-0.15, -0.1) is 0 Å². The Morgan fingerprint density at radius 3 is 2.67 bits per heavy atom. The van der Waals surface area contributed by atoms with Crippen LogP contribution in [0.2, 0.25) is 0 Å². The highest BCUT2D eigenvalue weighted by atomic mass is 19.4. The molecule has 0 aliphatic rings. The van der Waals surface area contributed by atoms with Crippen molar-refractivity contribution < 1.29 is 18.3 Å². The number of nitrogens with zero attached hydrogens (tertiary/aromatic N) is 1. The van der Waals surface area contributed by atoms with E-state index in [9.17, 15) is 13.2 Å². The van der Waals surface area contributed by atoms with Gasteiger partial charge in [0.2, 0.25) is 0 Å². The van der Waals surface area contributed by atoms with Crippen molar-refractivity contribution >= 4 is 12.7 Å². The summed E-state index contributed by atoms with van der Waals surface area (Å²) in [7, 11) is 0. The smallest absolute Gasteiger partial charge is 0.392 e. The Morgan fingerprint density at radius 2 is 2.17 bits per heavy atom. The minimum atomic E-state index is -4.32. The average molecular weight is 257 g/mol. The van der Waals surface area contributed by atoms with Gasteiger partial charge in [-0.05, 0) is 23.3 Å². The molecule has 0 unspecified atom stereocenters. The van der Waals surface area contributed by atoms with Crippen LogP contribution < -0.4 is 10.6 Å². The van der Waals surface area contributed by atoms with E-state index in [1.165, 1.54) is 19.2 Å². The summed E-state index contributed by atoms with van der Waals surface area (Å²) in [6.07, 6.45) is -0.643.